The lowest BCUT2D eigenvalue weighted by Gasteiger charge is -2.20. The topological polar surface area (TPSA) is 51.2 Å². The van der Waals surface area contributed by atoms with Crippen LogP contribution in [-0.2, 0) is 9.53 Å². The summed E-state index contributed by atoms with van der Waals surface area (Å²) in [6.45, 7) is 3.71. The first-order valence-corrected chi connectivity index (χ1v) is 8.09. The molecule has 2 heterocycles. The van der Waals surface area contributed by atoms with Crippen LogP contribution >= 0.6 is 11.3 Å². The fourth-order valence-electron chi connectivity index (χ4n) is 2.89. The number of anilines is 1. The molecule has 1 amide bonds. The number of rotatable bonds is 3. The van der Waals surface area contributed by atoms with Gasteiger partial charge < -0.3 is 4.74 Å². The van der Waals surface area contributed by atoms with Crippen molar-refractivity contribution in [3.8, 4) is 0 Å². The molecule has 0 bridgehead atoms. The zero-order chi connectivity index (χ0) is 13.9. The first kappa shape index (κ1) is 13.8. The van der Waals surface area contributed by atoms with Crippen LogP contribution in [0.4, 0.5) is 5.13 Å². The van der Waals surface area contributed by atoms with Gasteiger partial charge >= 0.3 is 0 Å². The van der Waals surface area contributed by atoms with E-state index in [-0.39, 0.29) is 5.91 Å². The van der Waals surface area contributed by atoms with Crippen molar-refractivity contribution in [1.82, 2.24) is 4.98 Å². The summed E-state index contributed by atoms with van der Waals surface area (Å²) < 4.78 is 5.38. The van der Waals surface area contributed by atoms with E-state index in [0.29, 0.717) is 5.92 Å². The number of nitrogens with one attached hydrogen (secondary N) is 1. The number of carbonyl (C=O) groups is 1. The Morgan fingerprint density at radius 3 is 2.90 bits per heavy atom. The summed E-state index contributed by atoms with van der Waals surface area (Å²) in [6.07, 6.45) is 7.06. The smallest absolute Gasteiger partial charge is 0.253 e. The van der Waals surface area contributed by atoms with Gasteiger partial charge in [-0.15, -0.1) is 11.3 Å². The van der Waals surface area contributed by atoms with Crippen molar-refractivity contribution in [1.29, 1.82) is 0 Å². The van der Waals surface area contributed by atoms with Crippen LogP contribution in [0.2, 0.25) is 0 Å². The molecule has 108 valence electrons. The van der Waals surface area contributed by atoms with E-state index in [1.54, 1.807) is 11.3 Å². The van der Waals surface area contributed by atoms with E-state index in [1.807, 2.05) is 6.20 Å². The minimum atomic E-state index is 0.0351. The molecule has 1 aliphatic heterocycles. The second kappa shape index (κ2) is 6.06. The number of hydrogen-bond acceptors (Lipinski definition) is 4. The third-order valence-corrected chi connectivity index (χ3v) is 5.21. The lowest BCUT2D eigenvalue weighted by molar-refractivity contribution is -0.113. The number of thiazole rings is 1. The average molecular weight is 292 g/mol. The van der Waals surface area contributed by atoms with Crippen molar-refractivity contribution in [3.05, 3.63) is 22.2 Å². The molecule has 0 spiro atoms. The summed E-state index contributed by atoms with van der Waals surface area (Å²) in [4.78, 5) is 17.8. The second-order valence-corrected chi connectivity index (χ2v) is 6.58. The Bertz CT molecular complexity index is 530. The van der Waals surface area contributed by atoms with Crippen LogP contribution in [-0.4, -0.2) is 24.1 Å². The lowest BCUT2D eigenvalue weighted by Crippen LogP contribution is -2.14. The predicted molar refractivity (Wildman–Crippen MR) is 80.1 cm³/mol. The molecule has 1 aromatic heterocycles. The third-order valence-electron chi connectivity index (χ3n) is 4.14. The Morgan fingerprint density at radius 1 is 1.40 bits per heavy atom. The zero-order valence-electron chi connectivity index (χ0n) is 11.8. The number of nitrogens with zero attached hydrogens (tertiary/aromatic N) is 1. The molecule has 0 atom stereocenters. The highest BCUT2D eigenvalue weighted by Crippen LogP contribution is 2.33. The van der Waals surface area contributed by atoms with Crippen molar-refractivity contribution in [2.45, 2.75) is 44.9 Å². The molecular weight excluding hydrogens is 272 g/mol. The number of carbonyl (C=O) groups excluding carboxylic acids is 1. The van der Waals surface area contributed by atoms with Gasteiger partial charge in [-0.25, -0.2) is 4.98 Å². The fraction of sp³-hybridized carbons (Fsp3) is 0.600. The highest BCUT2D eigenvalue weighted by Gasteiger charge is 2.21. The van der Waals surface area contributed by atoms with Gasteiger partial charge in [0, 0.05) is 29.9 Å². The van der Waals surface area contributed by atoms with Gasteiger partial charge in [-0.05, 0) is 44.9 Å². The molecule has 1 fully saturated rings. The van der Waals surface area contributed by atoms with E-state index in [0.717, 1.165) is 56.0 Å². The average Bonchev–Trinajstić information content (AvgIpc) is 3.09. The summed E-state index contributed by atoms with van der Waals surface area (Å²) in [5.41, 5.74) is 2.18. The van der Waals surface area contributed by atoms with E-state index < -0.39 is 0 Å². The third kappa shape index (κ3) is 2.94. The molecule has 0 saturated carbocycles. The Kier molecular flexibility index (Phi) is 4.17. The maximum Gasteiger partial charge on any atom is 0.253 e. The van der Waals surface area contributed by atoms with Crippen molar-refractivity contribution in [2.75, 3.05) is 18.5 Å². The van der Waals surface area contributed by atoms with Crippen molar-refractivity contribution in [3.63, 3.8) is 0 Å². The predicted octanol–water partition coefficient (Wildman–Crippen LogP) is 3.48. The van der Waals surface area contributed by atoms with E-state index in [1.165, 1.54) is 10.5 Å². The molecule has 1 aromatic rings. The highest BCUT2D eigenvalue weighted by atomic mass is 32.1. The standard InChI is InChI=1S/C15H20N2O2S/c1-10-3-2-4-12(10)14(18)17-15-16-9-13(20-15)11-5-7-19-8-6-11/h9,11H,2-8H2,1H3,(H,16,17,18). The number of aromatic nitrogens is 1. The molecule has 0 unspecified atom stereocenters. The molecule has 1 aliphatic carbocycles. The monoisotopic (exact) mass is 292 g/mol. The van der Waals surface area contributed by atoms with Crippen molar-refractivity contribution < 1.29 is 9.53 Å². The van der Waals surface area contributed by atoms with E-state index in [9.17, 15) is 4.79 Å². The molecule has 2 aliphatic rings. The summed E-state index contributed by atoms with van der Waals surface area (Å²) in [5.74, 6) is 0.576. The van der Waals surface area contributed by atoms with E-state index in [2.05, 4.69) is 17.2 Å². The van der Waals surface area contributed by atoms with Crippen LogP contribution in [0, 0.1) is 0 Å². The minimum absolute atomic E-state index is 0.0351. The van der Waals surface area contributed by atoms with Gasteiger partial charge in [-0.1, -0.05) is 5.57 Å². The normalized spacial score (nSPS) is 20.4. The maximum absolute atomic E-state index is 12.2. The van der Waals surface area contributed by atoms with Crippen molar-refractivity contribution >= 4 is 22.4 Å². The summed E-state index contributed by atoms with van der Waals surface area (Å²) >= 11 is 1.61. The highest BCUT2D eigenvalue weighted by molar-refractivity contribution is 7.15. The van der Waals surface area contributed by atoms with Crippen LogP contribution in [0.25, 0.3) is 0 Å². The Morgan fingerprint density at radius 2 is 2.20 bits per heavy atom. The molecular formula is C15H20N2O2S. The molecule has 20 heavy (non-hydrogen) atoms. The van der Waals surface area contributed by atoms with E-state index in [4.69, 9.17) is 4.74 Å². The molecule has 5 heteroatoms. The largest absolute Gasteiger partial charge is 0.381 e. The maximum atomic E-state index is 12.2. The van der Waals surface area contributed by atoms with Crippen LogP contribution in [0.1, 0.15) is 49.8 Å². The Balaban J connectivity index is 1.65. The van der Waals surface area contributed by atoms with Crippen LogP contribution in [0.3, 0.4) is 0 Å². The number of amides is 1. The van der Waals surface area contributed by atoms with Crippen LogP contribution < -0.4 is 5.32 Å². The first-order valence-electron chi connectivity index (χ1n) is 7.27. The van der Waals surface area contributed by atoms with Crippen LogP contribution in [0.5, 0.6) is 0 Å². The molecule has 1 N–H and O–H groups in total. The Labute approximate surface area is 123 Å². The molecule has 1 saturated heterocycles. The summed E-state index contributed by atoms with van der Waals surface area (Å²) in [5, 5.41) is 3.68. The Hall–Kier alpha value is -1.20. The van der Waals surface area contributed by atoms with Gasteiger partial charge in [0.15, 0.2) is 5.13 Å². The van der Waals surface area contributed by atoms with Gasteiger partial charge in [0.25, 0.3) is 5.91 Å². The van der Waals surface area contributed by atoms with Gasteiger partial charge in [0.1, 0.15) is 0 Å². The van der Waals surface area contributed by atoms with Gasteiger partial charge in [-0.3, -0.25) is 10.1 Å². The van der Waals surface area contributed by atoms with Gasteiger partial charge in [0.2, 0.25) is 0 Å². The molecule has 3 rings (SSSR count). The minimum Gasteiger partial charge on any atom is -0.381 e. The molecule has 0 aromatic carbocycles. The zero-order valence-corrected chi connectivity index (χ0v) is 12.6. The number of hydrogen-bond donors (Lipinski definition) is 1. The number of ether oxygens (including phenoxy) is 1. The SMILES string of the molecule is CC1=C(C(=O)Nc2ncc(C3CCOCC3)s2)CCC1. The van der Waals surface area contributed by atoms with Gasteiger partial charge in [-0.2, -0.15) is 0 Å². The quantitative estimate of drug-likeness (QED) is 0.928. The van der Waals surface area contributed by atoms with Gasteiger partial charge in [0.05, 0.1) is 0 Å². The second-order valence-electron chi connectivity index (χ2n) is 5.52. The van der Waals surface area contributed by atoms with Crippen LogP contribution in [0.15, 0.2) is 17.3 Å². The first-order chi connectivity index (χ1) is 9.74. The fourth-order valence-corrected chi connectivity index (χ4v) is 3.87. The lowest BCUT2D eigenvalue weighted by atomic mass is 9.99. The molecule has 0 radical (unpaired) electrons. The van der Waals surface area contributed by atoms with E-state index >= 15 is 0 Å². The van der Waals surface area contributed by atoms with Crippen molar-refractivity contribution in [2.24, 2.45) is 0 Å². The number of allylic oxidation sites excluding steroid dienone is 1. The molecule has 4 nitrogen and oxygen atoms in total. The summed E-state index contributed by atoms with van der Waals surface area (Å²) in [7, 11) is 0. The summed E-state index contributed by atoms with van der Waals surface area (Å²) in [6, 6.07) is 0.